The molecule has 1 heterocycles. The summed E-state index contributed by atoms with van der Waals surface area (Å²) in [5.41, 5.74) is 2.13. The maximum atomic E-state index is 13.7. The van der Waals surface area contributed by atoms with Crippen LogP contribution in [0.1, 0.15) is 22.7 Å². The summed E-state index contributed by atoms with van der Waals surface area (Å²) in [7, 11) is 3.36. The van der Waals surface area contributed by atoms with E-state index in [-0.39, 0.29) is 18.7 Å². The van der Waals surface area contributed by atoms with Gasteiger partial charge in [0.2, 0.25) is 0 Å². The number of ether oxygens (including phenoxy) is 1. The van der Waals surface area contributed by atoms with Gasteiger partial charge in [-0.05, 0) is 35.7 Å². The molecular weight excluding hydrogens is 428 g/mol. The van der Waals surface area contributed by atoms with Crippen molar-refractivity contribution in [3.8, 4) is 16.9 Å². The number of methoxy groups -OCH3 is 1. The molecule has 1 amide bonds. The minimum absolute atomic E-state index is 0.122. The number of rotatable bonds is 8. The number of hydrogen-bond acceptors (Lipinski definition) is 7. The minimum atomic E-state index is -0.866. The molecule has 2 unspecified atom stereocenters. The number of benzene rings is 2. The van der Waals surface area contributed by atoms with E-state index in [1.54, 1.807) is 30.3 Å². The van der Waals surface area contributed by atoms with Crippen molar-refractivity contribution in [3.05, 3.63) is 70.3 Å². The molecule has 3 aromatic rings. The fourth-order valence-electron chi connectivity index (χ4n) is 3.01. The van der Waals surface area contributed by atoms with E-state index in [0.717, 1.165) is 11.1 Å². The van der Waals surface area contributed by atoms with Gasteiger partial charge in [-0.3, -0.25) is 9.59 Å². The summed E-state index contributed by atoms with van der Waals surface area (Å²) in [5.74, 6) is -2.47. The molecule has 0 fully saturated rings. The van der Waals surface area contributed by atoms with Crippen LogP contribution in [0.4, 0.5) is 4.39 Å². The topological polar surface area (TPSA) is 124 Å². The first-order chi connectivity index (χ1) is 14.9. The molecule has 0 aliphatic carbocycles. The summed E-state index contributed by atoms with van der Waals surface area (Å²) in [6.45, 7) is 0. The first-order valence-corrected chi connectivity index (χ1v) is 9.55. The molecule has 3 rings (SSSR count). The molecule has 31 heavy (non-hydrogen) atoms. The van der Waals surface area contributed by atoms with E-state index in [1.807, 2.05) is 14.6 Å². The number of halogens is 1. The second-order valence-electron chi connectivity index (χ2n) is 6.53. The van der Waals surface area contributed by atoms with Gasteiger partial charge in [0.05, 0.1) is 23.0 Å². The summed E-state index contributed by atoms with van der Waals surface area (Å²) in [6, 6.07) is 10.7. The Morgan fingerprint density at radius 1 is 1.26 bits per heavy atom. The summed E-state index contributed by atoms with van der Waals surface area (Å²) >= 11 is 0. The Morgan fingerprint density at radius 2 is 2.00 bits per heavy atom. The third kappa shape index (κ3) is 5.76. The highest BCUT2D eigenvalue weighted by atomic mass is 31.0. The van der Waals surface area contributed by atoms with E-state index in [1.165, 1.54) is 19.2 Å². The lowest BCUT2D eigenvalue weighted by atomic mass is 9.98. The molecule has 0 aliphatic heterocycles. The number of H-pyrrole nitrogens is 1. The molecule has 11 heteroatoms. The summed E-state index contributed by atoms with van der Waals surface area (Å²) in [6.07, 6.45) is 0.157. The summed E-state index contributed by atoms with van der Waals surface area (Å²) in [4.78, 5) is 35.0. The van der Waals surface area contributed by atoms with E-state index in [4.69, 9.17) is 4.74 Å². The lowest BCUT2D eigenvalue weighted by Gasteiger charge is -2.17. The Morgan fingerprint density at radius 3 is 2.61 bits per heavy atom. The number of nitrogens with one attached hydrogen (secondary N) is 2. The Hall–Kier alpha value is -3.52. The number of carbonyl (C=O) groups excluding carboxylic acids is 2. The number of hydrogen-bond donors (Lipinski definition) is 2. The van der Waals surface area contributed by atoms with Gasteiger partial charge in [-0.15, -0.1) is 5.10 Å². The van der Waals surface area contributed by atoms with Crippen molar-refractivity contribution in [2.24, 2.45) is 0 Å². The van der Waals surface area contributed by atoms with Crippen LogP contribution in [-0.2, 0) is 15.7 Å². The molecule has 0 spiro atoms. The summed E-state index contributed by atoms with van der Waals surface area (Å²) < 4.78 is 28.2. The van der Waals surface area contributed by atoms with Gasteiger partial charge >= 0.3 is 23.5 Å². The van der Waals surface area contributed by atoms with Gasteiger partial charge in [0.25, 0.3) is 0 Å². The highest BCUT2D eigenvalue weighted by molar-refractivity contribution is 7.10. The summed E-state index contributed by atoms with van der Waals surface area (Å²) in [5, 5.41) is 8.06. The zero-order chi connectivity index (χ0) is 22.4. The third-order valence-corrected chi connectivity index (χ3v) is 4.68. The van der Waals surface area contributed by atoms with Crippen LogP contribution in [0.25, 0.3) is 11.1 Å². The highest BCUT2D eigenvalue weighted by Gasteiger charge is 2.21. The predicted octanol–water partition coefficient (Wildman–Crippen LogP) is 2.24. The first kappa shape index (κ1) is 22.2. The highest BCUT2D eigenvalue weighted by Crippen LogP contribution is 2.30. The standard InChI is InChI=1S/C20H19FN3O6P/c1-28-16-7-6-13(21)9-15(16)12-4-2-11(3-5-12)8-14(10-17(25)30-31)22-18(26)19-23-24-20(27)29-19/h2-7,9,14H,8,10,31H2,1H3,(H,22,26)(H,24,27). The van der Waals surface area contributed by atoms with E-state index in [9.17, 15) is 18.8 Å². The van der Waals surface area contributed by atoms with Gasteiger partial charge in [0.1, 0.15) is 11.6 Å². The van der Waals surface area contributed by atoms with Gasteiger partial charge in [0.15, 0.2) is 0 Å². The largest absolute Gasteiger partial charge is 0.496 e. The lowest BCUT2D eigenvalue weighted by Crippen LogP contribution is -2.38. The molecule has 9 nitrogen and oxygen atoms in total. The van der Waals surface area contributed by atoms with Gasteiger partial charge in [-0.2, -0.15) is 0 Å². The molecule has 2 N–H and O–H groups in total. The number of aromatic nitrogens is 2. The maximum absolute atomic E-state index is 13.7. The van der Waals surface area contributed by atoms with E-state index in [0.29, 0.717) is 11.3 Å². The minimum Gasteiger partial charge on any atom is -0.496 e. The van der Waals surface area contributed by atoms with Crippen molar-refractivity contribution in [3.63, 3.8) is 0 Å². The molecule has 0 radical (unpaired) electrons. The van der Waals surface area contributed by atoms with Crippen LogP contribution >= 0.6 is 9.47 Å². The fourth-order valence-corrected chi connectivity index (χ4v) is 3.10. The zero-order valence-corrected chi connectivity index (χ0v) is 17.5. The second kappa shape index (κ2) is 9.99. The van der Waals surface area contributed by atoms with Crippen molar-refractivity contribution in [2.75, 3.05) is 7.11 Å². The SMILES string of the molecule is COc1ccc(F)cc1-c1ccc(CC(CC(=O)OP)NC(=O)c2n[nH]c(=O)o2)cc1. The van der Waals surface area contributed by atoms with Crippen LogP contribution < -0.4 is 15.8 Å². The number of nitrogens with zero attached hydrogens (tertiary/aromatic N) is 1. The molecule has 0 saturated carbocycles. The lowest BCUT2D eigenvalue weighted by molar-refractivity contribution is -0.133. The average Bonchev–Trinajstić information content (AvgIpc) is 3.20. The molecule has 0 bridgehead atoms. The second-order valence-corrected chi connectivity index (χ2v) is 6.76. The Kier molecular flexibility index (Phi) is 7.15. The van der Waals surface area contributed by atoms with Crippen LogP contribution in [0, 0.1) is 5.82 Å². The van der Waals surface area contributed by atoms with Crippen molar-refractivity contribution >= 4 is 21.3 Å². The van der Waals surface area contributed by atoms with E-state index in [2.05, 4.69) is 19.4 Å². The Bertz CT molecular complexity index is 1130. The number of carbonyl (C=O) groups is 2. The first-order valence-electron chi connectivity index (χ1n) is 9.08. The average molecular weight is 447 g/mol. The van der Waals surface area contributed by atoms with Crippen molar-refractivity contribution in [1.82, 2.24) is 15.5 Å². The zero-order valence-electron chi connectivity index (χ0n) is 16.4. The number of aromatic amines is 1. The molecule has 0 saturated heterocycles. The van der Waals surface area contributed by atoms with Crippen LogP contribution in [-0.4, -0.2) is 35.2 Å². The fraction of sp³-hybridized carbons (Fsp3) is 0.200. The van der Waals surface area contributed by atoms with Crippen molar-refractivity contribution in [2.45, 2.75) is 18.9 Å². The Balaban J connectivity index is 1.77. The maximum Gasteiger partial charge on any atom is 0.434 e. The van der Waals surface area contributed by atoms with Crippen LogP contribution in [0.15, 0.2) is 51.7 Å². The van der Waals surface area contributed by atoms with Crippen LogP contribution in [0.2, 0.25) is 0 Å². The molecular formula is C20H19FN3O6P. The molecule has 0 aliphatic rings. The van der Waals surface area contributed by atoms with Gasteiger partial charge in [-0.25, -0.2) is 14.3 Å². The molecule has 162 valence electrons. The smallest absolute Gasteiger partial charge is 0.434 e. The van der Waals surface area contributed by atoms with E-state index < -0.39 is 29.6 Å². The van der Waals surface area contributed by atoms with Crippen molar-refractivity contribution < 1.29 is 27.7 Å². The molecule has 2 aromatic carbocycles. The van der Waals surface area contributed by atoms with Crippen LogP contribution in [0.5, 0.6) is 5.75 Å². The normalized spacial score (nSPS) is 11.6. The van der Waals surface area contributed by atoms with E-state index >= 15 is 0 Å². The monoisotopic (exact) mass is 447 g/mol. The van der Waals surface area contributed by atoms with Gasteiger partial charge < -0.3 is 19.0 Å². The molecule has 1 aromatic heterocycles. The van der Waals surface area contributed by atoms with Gasteiger partial charge in [-0.1, -0.05) is 24.3 Å². The quantitative estimate of drug-likeness (QED) is 0.508. The third-order valence-electron chi connectivity index (χ3n) is 4.42. The van der Waals surface area contributed by atoms with Gasteiger partial charge in [0, 0.05) is 11.6 Å². The van der Waals surface area contributed by atoms with Crippen LogP contribution in [0.3, 0.4) is 0 Å². The molecule has 2 atom stereocenters. The number of amides is 1. The predicted molar refractivity (Wildman–Crippen MR) is 111 cm³/mol. The Labute approximate surface area is 178 Å². The van der Waals surface area contributed by atoms with Crippen molar-refractivity contribution in [1.29, 1.82) is 0 Å².